The molecular formula is C16H25BrN2. The molecular weight excluding hydrogens is 300 g/mol. The molecule has 1 aliphatic carbocycles. The molecule has 0 saturated heterocycles. The van der Waals surface area contributed by atoms with Crippen LogP contribution in [0.2, 0.25) is 0 Å². The molecule has 0 aliphatic heterocycles. The average Bonchev–Trinajstić information content (AvgIpc) is 3.13. The van der Waals surface area contributed by atoms with Crippen LogP contribution in [0.25, 0.3) is 0 Å². The molecule has 2 rings (SSSR count). The Kier molecular flexibility index (Phi) is 5.04. The molecule has 1 aromatic rings. The fourth-order valence-corrected chi connectivity index (χ4v) is 2.72. The van der Waals surface area contributed by atoms with Crippen LogP contribution in [0.1, 0.15) is 32.3 Å². The number of benzene rings is 1. The van der Waals surface area contributed by atoms with Crippen LogP contribution in [-0.2, 0) is 6.54 Å². The van der Waals surface area contributed by atoms with Gasteiger partial charge in [-0.3, -0.25) is 0 Å². The van der Waals surface area contributed by atoms with Gasteiger partial charge in [0.25, 0.3) is 0 Å². The topological polar surface area (TPSA) is 15.3 Å². The summed E-state index contributed by atoms with van der Waals surface area (Å²) in [7, 11) is 2.21. The lowest BCUT2D eigenvalue weighted by atomic mass is 9.92. The van der Waals surface area contributed by atoms with Crippen molar-refractivity contribution in [1.29, 1.82) is 0 Å². The molecule has 3 heteroatoms. The molecule has 0 spiro atoms. The Morgan fingerprint density at radius 3 is 2.47 bits per heavy atom. The predicted molar refractivity (Wildman–Crippen MR) is 85.3 cm³/mol. The van der Waals surface area contributed by atoms with Gasteiger partial charge in [0.1, 0.15) is 0 Å². The summed E-state index contributed by atoms with van der Waals surface area (Å²) in [5.74, 6) is 0. The minimum atomic E-state index is 0.326. The maximum absolute atomic E-state index is 3.64. The van der Waals surface area contributed by atoms with E-state index in [1.165, 1.54) is 18.4 Å². The van der Waals surface area contributed by atoms with E-state index >= 15 is 0 Å². The minimum Gasteiger partial charge on any atom is -0.313 e. The van der Waals surface area contributed by atoms with Crippen LogP contribution in [0.5, 0.6) is 0 Å². The molecule has 0 amide bonds. The van der Waals surface area contributed by atoms with E-state index in [9.17, 15) is 0 Å². The van der Waals surface area contributed by atoms with Crippen LogP contribution in [0.15, 0.2) is 28.7 Å². The summed E-state index contributed by atoms with van der Waals surface area (Å²) in [4.78, 5) is 2.41. The van der Waals surface area contributed by atoms with E-state index in [4.69, 9.17) is 0 Å². The van der Waals surface area contributed by atoms with Crippen molar-refractivity contribution in [2.75, 3.05) is 20.1 Å². The van der Waals surface area contributed by atoms with Crippen LogP contribution in [0, 0.1) is 5.41 Å². The molecule has 106 valence electrons. The number of halogens is 1. The van der Waals surface area contributed by atoms with Crippen molar-refractivity contribution < 1.29 is 0 Å². The summed E-state index contributed by atoms with van der Waals surface area (Å²) in [6.45, 7) is 7.94. The fraction of sp³-hybridized carbons (Fsp3) is 0.625. The molecule has 0 aromatic heterocycles. The number of rotatable bonds is 7. The zero-order valence-electron chi connectivity index (χ0n) is 12.2. The molecule has 1 aliphatic rings. The standard InChI is InChI=1S/C16H25BrN2/c1-16(2,11-18-15-8-9-15)12-19(3)10-13-4-6-14(17)7-5-13/h4-7,15,18H,8-12H2,1-3H3. The first-order valence-corrected chi connectivity index (χ1v) is 7.90. The van der Waals surface area contributed by atoms with E-state index in [0.29, 0.717) is 5.41 Å². The zero-order valence-corrected chi connectivity index (χ0v) is 13.8. The quantitative estimate of drug-likeness (QED) is 0.823. The van der Waals surface area contributed by atoms with E-state index in [1.54, 1.807) is 0 Å². The predicted octanol–water partition coefficient (Wildman–Crippen LogP) is 3.66. The molecule has 19 heavy (non-hydrogen) atoms. The first-order chi connectivity index (χ1) is 8.94. The zero-order chi connectivity index (χ0) is 13.9. The summed E-state index contributed by atoms with van der Waals surface area (Å²) in [5, 5.41) is 3.64. The third-order valence-corrected chi connectivity index (χ3v) is 4.04. The number of hydrogen-bond acceptors (Lipinski definition) is 2. The largest absolute Gasteiger partial charge is 0.313 e. The number of nitrogens with one attached hydrogen (secondary N) is 1. The van der Waals surface area contributed by atoms with Crippen molar-refractivity contribution in [2.24, 2.45) is 5.41 Å². The second-order valence-electron chi connectivity index (χ2n) is 6.62. The summed E-state index contributed by atoms with van der Waals surface area (Å²) >= 11 is 3.48. The van der Waals surface area contributed by atoms with E-state index < -0.39 is 0 Å². The van der Waals surface area contributed by atoms with Crippen molar-refractivity contribution in [1.82, 2.24) is 10.2 Å². The van der Waals surface area contributed by atoms with Gasteiger partial charge in [-0.2, -0.15) is 0 Å². The van der Waals surface area contributed by atoms with Crippen LogP contribution in [0.3, 0.4) is 0 Å². The van der Waals surface area contributed by atoms with Gasteiger partial charge in [0, 0.05) is 30.1 Å². The first kappa shape index (κ1) is 15.0. The van der Waals surface area contributed by atoms with Gasteiger partial charge in [0.2, 0.25) is 0 Å². The highest BCUT2D eigenvalue weighted by Crippen LogP contribution is 2.22. The second-order valence-corrected chi connectivity index (χ2v) is 7.53. The molecule has 0 radical (unpaired) electrons. The SMILES string of the molecule is CN(Cc1ccc(Br)cc1)CC(C)(C)CNC1CC1. The summed E-state index contributed by atoms with van der Waals surface area (Å²) in [6, 6.07) is 9.41. The molecule has 0 atom stereocenters. The molecule has 1 fully saturated rings. The molecule has 0 bridgehead atoms. The van der Waals surface area contributed by atoms with Crippen LogP contribution >= 0.6 is 15.9 Å². The van der Waals surface area contributed by atoms with E-state index in [2.05, 4.69) is 71.3 Å². The number of hydrogen-bond donors (Lipinski definition) is 1. The van der Waals surface area contributed by atoms with Gasteiger partial charge in [-0.1, -0.05) is 41.9 Å². The van der Waals surface area contributed by atoms with Crippen molar-refractivity contribution in [3.05, 3.63) is 34.3 Å². The Morgan fingerprint density at radius 1 is 1.26 bits per heavy atom. The van der Waals surface area contributed by atoms with Gasteiger partial charge in [-0.05, 0) is 43.0 Å². The van der Waals surface area contributed by atoms with Crippen LogP contribution in [-0.4, -0.2) is 31.1 Å². The second kappa shape index (κ2) is 6.38. The summed E-state index contributed by atoms with van der Waals surface area (Å²) < 4.78 is 1.15. The summed E-state index contributed by atoms with van der Waals surface area (Å²) in [5.41, 5.74) is 1.70. The van der Waals surface area contributed by atoms with E-state index in [0.717, 1.165) is 30.1 Å². The van der Waals surface area contributed by atoms with E-state index in [-0.39, 0.29) is 0 Å². The summed E-state index contributed by atoms with van der Waals surface area (Å²) in [6.07, 6.45) is 2.73. The monoisotopic (exact) mass is 324 g/mol. The minimum absolute atomic E-state index is 0.326. The van der Waals surface area contributed by atoms with Gasteiger partial charge >= 0.3 is 0 Å². The van der Waals surface area contributed by atoms with E-state index in [1.807, 2.05) is 0 Å². The third kappa shape index (κ3) is 5.64. The van der Waals surface area contributed by atoms with Crippen LogP contribution in [0.4, 0.5) is 0 Å². The van der Waals surface area contributed by atoms with Crippen molar-refractivity contribution in [3.63, 3.8) is 0 Å². The normalized spacial score (nSPS) is 16.1. The van der Waals surface area contributed by atoms with Gasteiger partial charge in [-0.15, -0.1) is 0 Å². The third-order valence-electron chi connectivity index (χ3n) is 3.51. The maximum atomic E-state index is 3.64. The Bertz CT molecular complexity index is 396. The highest BCUT2D eigenvalue weighted by atomic mass is 79.9. The lowest BCUT2D eigenvalue weighted by Gasteiger charge is -2.30. The Balaban J connectivity index is 1.78. The average molecular weight is 325 g/mol. The van der Waals surface area contributed by atoms with Gasteiger partial charge < -0.3 is 10.2 Å². The van der Waals surface area contributed by atoms with Crippen molar-refractivity contribution in [2.45, 2.75) is 39.3 Å². The highest BCUT2D eigenvalue weighted by molar-refractivity contribution is 9.10. The lowest BCUT2D eigenvalue weighted by Crippen LogP contribution is -2.39. The van der Waals surface area contributed by atoms with Crippen molar-refractivity contribution >= 4 is 15.9 Å². The molecule has 2 nitrogen and oxygen atoms in total. The smallest absolute Gasteiger partial charge is 0.0230 e. The van der Waals surface area contributed by atoms with Gasteiger partial charge in [0.15, 0.2) is 0 Å². The molecule has 1 N–H and O–H groups in total. The molecule has 1 saturated carbocycles. The lowest BCUT2D eigenvalue weighted by molar-refractivity contribution is 0.198. The molecule has 0 unspecified atom stereocenters. The maximum Gasteiger partial charge on any atom is 0.0230 e. The molecule has 1 aromatic carbocycles. The first-order valence-electron chi connectivity index (χ1n) is 7.11. The van der Waals surface area contributed by atoms with Crippen LogP contribution < -0.4 is 5.32 Å². The fourth-order valence-electron chi connectivity index (χ4n) is 2.45. The Hall–Kier alpha value is -0.380. The highest BCUT2D eigenvalue weighted by Gasteiger charge is 2.26. The Labute approximate surface area is 125 Å². The molecule has 0 heterocycles. The Morgan fingerprint density at radius 2 is 1.89 bits per heavy atom. The number of nitrogens with zero attached hydrogens (tertiary/aromatic N) is 1. The van der Waals surface area contributed by atoms with Gasteiger partial charge in [0.05, 0.1) is 0 Å². The van der Waals surface area contributed by atoms with Gasteiger partial charge in [-0.25, -0.2) is 0 Å². The van der Waals surface area contributed by atoms with Crippen molar-refractivity contribution in [3.8, 4) is 0 Å².